The first-order valence-corrected chi connectivity index (χ1v) is 4.72. The number of aromatic nitrogens is 3. The zero-order chi connectivity index (χ0) is 11.5. The second-order valence-corrected chi connectivity index (χ2v) is 3.30. The first-order chi connectivity index (χ1) is 7.68. The van der Waals surface area contributed by atoms with Crippen molar-refractivity contribution in [3.8, 4) is 0 Å². The molecule has 2 rings (SSSR count). The molecule has 0 aliphatic carbocycles. The quantitative estimate of drug-likeness (QED) is 0.569. The number of nitrogens with zero attached hydrogens (tertiary/aromatic N) is 4. The monoisotopic (exact) mass is 216 g/mol. The van der Waals surface area contributed by atoms with E-state index in [2.05, 4.69) is 15.0 Å². The molecule has 0 amide bonds. The van der Waals surface area contributed by atoms with E-state index in [1.165, 1.54) is 11.2 Å². The van der Waals surface area contributed by atoms with E-state index in [0.29, 0.717) is 17.3 Å². The molecule has 4 N–H and O–H groups in total. The molecule has 0 fully saturated rings. The molecule has 0 spiro atoms. The lowest BCUT2D eigenvalue weighted by molar-refractivity contribution is 0.959. The number of nitrogens with two attached hydrogens (primary N) is 2. The summed E-state index contributed by atoms with van der Waals surface area (Å²) in [5, 5.41) is 1.34. The van der Waals surface area contributed by atoms with E-state index in [1.807, 2.05) is 6.92 Å². The topological polar surface area (TPSA) is 94.0 Å². The molecular weight excluding hydrogens is 204 g/mol. The van der Waals surface area contributed by atoms with Crippen LogP contribution in [0.25, 0.3) is 0 Å². The third-order valence-corrected chi connectivity index (χ3v) is 2.08. The molecule has 0 aliphatic heterocycles. The van der Waals surface area contributed by atoms with Crippen molar-refractivity contribution in [2.75, 3.05) is 10.7 Å². The lowest BCUT2D eigenvalue weighted by Crippen LogP contribution is -2.28. The maximum atomic E-state index is 5.89. The van der Waals surface area contributed by atoms with Gasteiger partial charge in [0.2, 0.25) is 5.95 Å². The smallest absolute Gasteiger partial charge is 0.244 e. The van der Waals surface area contributed by atoms with Gasteiger partial charge in [-0.05, 0) is 19.1 Å². The van der Waals surface area contributed by atoms with E-state index in [9.17, 15) is 0 Å². The Labute approximate surface area is 92.9 Å². The molecule has 2 heterocycles. The molecule has 0 bridgehead atoms. The van der Waals surface area contributed by atoms with Crippen LogP contribution in [0.5, 0.6) is 0 Å². The molecule has 0 aliphatic rings. The van der Waals surface area contributed by atoms with E-state index >= 15 is 0 Å². The second-order valence-electron chi connectivity index (χ2n) is 3.30. The van der Waals surface area contributed by atoms with Crippen molar-refractivity contribution in [1.29, 1.82) is 0 Å². The minimum absolute atomic E-state index is 0.401. The summed E-state index contributed by atoms with van der Waals surface area (Å²) in [6.45, 7) is 1.87. The molecule has 2 aromatic rings. The standard InChI is InChI=1S/C10H12N6/c1-7-2-5-14-10(15-7)16(12)9-3-4-13-6-8(9)11/h2-6H,11-12H2,1H3. The van der Waals surface area contributed by atoms with Gasteiger partial charge < -0.3 is 5.73 Å². The predicted octanol–water partition coefficient (Wildman–Crippen LogP) is 0.774. The normalized spacial score (nSPS) is 10.1. The Bertz CT molecular complexity index is 498. The van der Waals surface area contributed by atoms with Crippen molar-refractivity contribution < 1.29 is 0 Å². The average molecular weight is 216 g/mol. The Morgan fingerprint density at radius 1 is 1.25 bits per heavy atom. The predicted molar refractivity (Wildman–Crippen MR) is 61.7 cm³/mol. The highest BCUT2D eigenvalue weighted by molar-refractivity contribution is 5.69. The van der Waals surface area contributed by atoms with Gasteiger partial charge in [-0.25, -0.2) is 20.8 Å². The second kappa shape index (κ2) is 4.11. The first-order valence-electron chi connectivity index (χ1n) is 4.72. The van der Waals surface area contributed by atoms with Crippen LogP contribution in [-0.2, 0) is 0 Å². The van der Waals surface area contributed by atoms with Gasteiger partial charge in [0.25, 0.3) is 0 Å². The summed E-state index contributed by atoms with van der Waals surface area (Å²) in [5.74, 6) is 6.29. The summed E-state index contributed by atoms with van der Waals surface area (Å²) in [7, 11) is 0. The zero-order valence-corrected chi connectivity index (χ0v) is 8.83. The van der Waals surface area contributed by atoms with E-state index in [0.717, 1.165) is 5.69 Å². The molecule has 0 unspecified atom stereocenters. The maximum absolute atomic E-state index is 5.89. The van der Waals surface area contributed by atoms with E-state index in [1.54, 1.807) is 24.5 Å². The first kappa shape index (κ1) is 10.3. The number of pyridine rings is 1. The van der Waals surface area contributed by atoms with Crippen molar-refractivity contribution in [3.63, 3.8) is 0 Å². The van der Waals surface area contributed by atoms with Gasteiger partial charge in [-0.3, -0.25) is 4.98 Å². The molecule has 82 valence electrons. The van der Waals surface area contributed by atoms with E-state index < -0.39 is 0 Å². The molecule has 16 heavy (non-hydrogen) atoms. The van der Waals surface area contributed by atoms with Crippen molar-refractivity contribution >= 4 is 17.3 Å². The number of anilines is 3. The molecule has 0 atom stereocenters. The van der Waals surface area contributed by atoms with Gasteiger partial charge in [0.1, 0.15) is 0 Å². The lowest BCUT2D eigenvalue weighted by Gasteiger charge is -2.17. The molecule has 0 aromatic carbocycles. The van der Waals surface area contributed by atoms with Crippen LogP contribution >= 0.6 is 0 Å². The fourth-order valence-electron chi connectivity index (χ4n) is 1.28. The van der Waals surface area contributed by atoms with Crippen LogP contribution in [0.3, 0.4) is 0 Å². The van der Waals surface area contributed by atoms with Crippen LogP contribution in [0.4, 0.5) is 17.3 Å². The molecule has 0 saturated heterocycles. The van der Waals surface area contributed by atoms with Crippen LogP contribution in [0.15, 0.2) is 30.7 Å². The van der Waals surface area contributed by atoms with Gasteiger partial charge in [0, 0.05) is 18.1 Å². The average Bonchev–Trinajstić information content (AvgIpc) is 2.29. The molecule has 0 radical (unpaired) electrons. The largest absolute Gasteiger partial charge is 0.396 e. The van der Waals surface area contributed by atoms with Crippen LogP contribution in [0, 0.1) is 6.92 Å². The SMILES string of the molecule is Cc1ccnc(N(N)c2ccncc2N)n1. The van der Waals surface area contributed by atoms with E-state index in [-0.39, 0.29) is 0 Å². The van der Waals surface area contributed by atoms with Gasteiger partial charge in [0.15, 0.2) is 0 Å². The summed E-state index contributed by atoms with van der Waals surface area (Å²) in [6, 6.07) is 3.51. The highest BCUT2D eigenvalue weighted by atomic mass is 15.5. The summed E-state index contributed by atoms with van der Waals surface area (Å²) >= 11 is 0. The fourth-order valence-corrected chi connectivity index (χ4v) is 1.28. The van der Waals surface area contributed by atoms with E-state index in [4.69, 9.17) is 11.6 Å². The van der Waals surface area contributed by atoms with Crippen molar-refractivity contribution in [2.24, 2.45) is 5.84 Å². The molecule has 0 saturated carbocycles. The minimum Gasteiger partial charge on any atom is -0.396 e. The third kappa shape index (κ3) is 1.91. The fraction of sp³-hybridized carbons (Fsp3) is 0.100. The highest BCUT2D eigenvalue weighted by Gasteiger charge is 2.10. The van der Waals surface area contributed by atoms with Gasteiger partial charge >= 0.3 is 0 Å². The Morgan fingerprint density at radius 2 is 2.06 bits per heavy atom. The van der Waals surface area contributed by atoms with Gasteiger partial charge in [-0.1, -0.05) is 0 Å². The van der Waals surface area contributed by atoms with Crippen molar-refractivity contribution in [3.05, 3.63) is 36.4 Å². The summed E-state index contributed by atoms with van der Waals surface area (Å²) < 4.78 is 0. The molecular formula is C10H12N6. The number of aryl methyl sites for hydroxylation is 1. The molecule has 2 aromatic heterocycles. The summed E-state index contributed by atoms with van der Waals surface area (Å²) in [4.78, 5) is 12.2. The maximum Gasteiger partial charge on any atom is 0.244 e. The number of hydrazine groups is 1. The molecule has 6 nitrogen and oxygen atoms in total. The van der Waals surface area contributed by atoms with Crippen LogP contribution in [0.1, 0.15) is 5.69 Å². The number of rotatable bonds is 2. The third-order valence-electron chi connectivity index (χ3n) is 2.08. The van der Waals surface area contributed by atoms with Gasteiger partial charge in [-0.15, -0.1) is 0 Å². The van der Waals surface area contributed by atoms with Crippen molar-refractivity contribution in [2.45, 2.75) is 6.92 Å². The Morgan fingerprint density at radius 3 is 2.75 bits per heavy atom. The number of nitrogen functional groups attached to an aromatic ring is 1. The zero-order valence-electron chi connectivity index (χ0n) is 8.83. The minimum atomic E-state index is 0.401. The number of hydrogen-bond donors (Lipinski definition) is 2. The van der Waals surface area contributed by atoms with Crippen LogP contribution < -0.4 is 16.6 Å². The Hall–Kier alpha value is -2.21. The van der Waals surface area contributed by atoms with Crippen LogP contribution in [-0.4, -0.2) is 15.0 Å². The number of hydrogen-bond acceptors (Lipinski definition) is 6. The summed E-state index contributed by atoms with van der Waals surface area (Å²) in [5.41, 5.74) is 7.71. The van der Waals surface area contributed by atoms with Gasteiger partial charge in [-0.2, -0.15) is 0 Å². The summed E-state index contributed by atoms with van der Waals surface area (Å²) in [6.07, 6.45) is 4.79. The Balaban J connectivity index is 2.39. The van der Waals surface area contributed by atoms with Crippen LogP contribution in [0.2, 0.25) is 0 Å². The van der Waals surface area contributed by atoms with Gasteiger partial charge in [0.05, 0.1) is 17.6 Å². The lowest BCUT2D eigenvalue weighted by atomic mass is 10.3. The highest BCUT2D eigenvalue weighted by Crippen LogP contribution is 2.23. The molecule has 6 heteroatoms. The Kier molecular flexibility index (Phi) is 2.65. The van der Waals surface area contributed by atoms with Crippen molar-refractivity contribution in [1.82, 2.24) is 15.0 Å².